The van der Waals surface area contributed by atoms with Gasteiger partial charge in [-0.15, -0.1) is 0 Å². The van der Waals surface area contributed by atoms with Gasteiger partial charge in [0, 0.05) is 33.7 Å². The first-order chi connectivity index (χ1) is 19.5. The fraction of sp³-hybridized carbons (Fsp3) is 0.310. The second-order valence-electron chi connectivity index (χ2n) is 9.10. The number of hydrogen-bond acceptors (Lipinski definition) is 5. The molecule has 0 aliphatic heterocycles. The molecule has 0 fully saturated rings. The standard InChI is InChI=1S/C29H32Cl3N3O5S/c1-4-17-33-29(37)27(5-2)34(18-24-25(31)7-6-8-26(24)32)28(36)19-35(21-11-9-20(30)10-12-21)41(38,39)23-15-13-22(40-3)14-16-23/h6-16,27H,4-5,17-19H2,1-3H3,(H,33,37). The minimum absolute atomic E-state index is 0.0468. The van der Waals surface area contributed by atoms with E-state index in [1.54, 1.807) is 25.1 Å². The van der Waals surface area contributed by atoms with Crippen LogP contribution in [0.3, 0.4) is 0 Å². The van der Waals surface area contributed by atoms with E-state index in [4.69, 9.17) is 39.5 Å². The number of nitrogens with zero attached hydrogens (tertiary/aromatic N) is 2. The van der Waals surface area contributed by atoms with Gasteiger partial charge in [-0.1, -0.05) is 54.7 Å². The van der Waals surface area contributed by atoms with Gasteiger partial charge in [-0.25, -0.2) is 8.42 Å². The van der Waals surface area contributed by atoms with Crippen LogP contribution in [-0.4, -0.2) is 51.4 Å². The summed E-state index contributed by atoms with van der Waals surface area (Å²) in [6.45, 7) is 3.41. The number of anilines is 1. The minimum atomic E-state index is -4.24. The molecule has 3 rings (SSSR count). The summed E-state index contributed by atoms with van der Waals surface area (Å²) in [5, 5.41) is 3.87. The smallest absolute Gasteiger partial charge is 0.264 e. The maximum Gasteiger partial charge on any atom is 0.264 e. The van der Waals surface area contributed by atoms with Crippen LogP contribution in [0.5, 0.6) is 5.75 Å². The fourth-order valence-electron chi connectivity index (χ4n) is 4.15. The Hall–Kier alpha value is -2.98. The fourth-order valence-corrected chi connectivity index (χ4v) is 6.21. The van der Waals surface area contributed by atoms with E-state index in [9.17, 15) is 18.0 Å². The molecule has 12 heteroatoms. The highest BCUT2D eigenvalue weighted by Gasteiger charge is 2.34. The predicted octanol–water partition coefficient (Wildman–Crippen LogP) is 6.18. The van der Waals surface area contributed by atoms with Crippen LogP contribution >= 0.6 is 34.8 Å². The molecule has 220 valence electrons. The Morgan fingerprint density at radius 1 is 0.927 bits per heavy atom. The number of carbonyl (C=O) groups is 2. The molecule has 0 aliphatic rings. The zero-order valence-electron chi connectivity index (χ0n) is 22.9. The van der Waals surface area contributed by atoms with Crippen LogP contribution in [0.4, 0.5) is 5.69 Å². The lowest BCUT2D eigenvalue weighted by Gasteiger charge is -2.33. The molecule has 0 saturated heterocycles. The highest BCUT2D eigenvalue weighted by atomic mass is 35.5. The van der Waals surface area contributed by atoms with E-state index in [1.807, 2.05) is 6.92 Å². The summed E-state index contributed by atoms with van der Waals surface area (Å²) in [7, 11) is -2.77. The average Bonchev–Trinajstić information content (AvgIpc) is 2.96. The second-order valence-corrected chi connectivity index (χ2v) is 12.2. The molecule has 1 N–H and O–H groups in total. The van der Waals surface area contributed by atoms with Crippen LogP contribution in [0.25, 0.3) is 0 Å². The van der Waals surface area contributed by atoms with E-state index in [0.29, 0.717) is 39.3 Å². The summed E-state index contributed by atoms with van der Waals surface area (Å²) >= 11 is 18.9. The van der Waals surface area contributed by atoms with Gasteiger partial charge in [0.05, 0.1) is 17.7 Å². The van der Waals surface area contributed by atoms with Crippen LogP contribution in [0.1, 0.15) is 32.3 Å². The van der Waals surface area contributed by atoms with Crippen molar-refractivity contribution in [2.75, 3.05) is 24.5 Å². The minimum Gasteiger partial charge on any atom is -0.497 e. The first kappa shape index (κ1) is 32.5. The molecule has 1 atom stereocenters. The lowest BCUT2D eigenvalue weighted by Crippen LogP contribution is -2.52. The van der Waals surface area contributed by atoms with Crippen molar-refractivity contribution in [2.24, 2.45) is 0 Å². The average molecular weight is 641 g/mol. The Balaban J connectivity index is 2.08. The lowest BCUT2D eigenvalue weighted by atomic mass is 10.1. The van der Waals surface area contributed by atoms with E-state index in [-0.39, 0.29) is 29.5 Å². The number of amides is 2. The predicted molar refractivity (Wildman–Crippen MR) is 163 cm³/mol. The Morgan fingerprint density at radius 3 is 2.07 bits per heavy atom. The molecule has 1 unspecified atom stereocenters. The van der Waals surface area contributed by atoms with Crippen LogP contribution in [0.2, 0.25) is 15.1 Å². The summed E-state index contributed by atoms with van der Waals surface area (Å²) in [5.74, 6) is -0.502. The molecule has 0 aliphatic carbocycles. The number of methoxy groups -OCH3 is 1. The summed E-state index contributed by atoms with van der Waals surface area (Å²) in [6, 6.07) is 16.0. The molecular formula is C29H32Cl3N3O5S. The molecule has 0 saturated carbocycles. The van der Waals surface area contributed by atoms with Gasteiger partial charge >= 0.3 is 0 Å². The first-order valence-corrected chi connectivity index (χ1v) is 15.5. The highest BCUT2D eigenvalue weighted by molar-refractivity contribution is 7.92. The number of nitrogens with one attached hydrogen (secondary N) is 1. The Bertz CT molecular complexity index is 1430. The van der Waals surface area contributed by atoms with E-state index in [1.165, 1.54) is 60.5 Å². The second kappa shape index (κ2) is 14.8. The largest absolute Gasteiger partial charge is 0.497 e. The summed E-state index contributed by atoms with van der Waals surface area (Å²) < 4.78 is 34.0. The van der Waals surface area contributed by atoms with Gasteiger partial charge in [0.2, 0.25) is 11.8 Å². The SMILES string of the molecule is CCCNC(=O)C(CC)N(Cc1c(Cl)cccc1Cl)C(=O)CN(c1ccc(Cl)cc1)S(=O)(=O)c1ccc(OC)cc1. The molecule has 41 heavy (non-hydrogen) atoms. The Morgan fingerprint density at radius 2 is 1.54 bits per heavy atom. The third-order valence-electron chi connectivity index (χ3n) is 6.37. The molecule has 2 amide bonds. The highest BCUT2D eigenvalue weighted by Crippen LogP contribution is 2.29. The van der Waals surface area contributed by atoms with Gasteiger partial charge < -0.3 is 15.0 Å². The quantitative estimate of drug-likeness (QED) is 0.241. The molecule has 0 radical (unpaired) electrons. The molecule has 0 spiro atoms. The third-order valence-corrected chi connectivity index (χ3v) is 9.11. The van der Waals surface area contributed by atoms with Crippen LogP contribution in [-0.2, 0) is 26.2 Å². The van der Waals surface area contributed by atoms with Crippen molar-refractivity contribution in [3.63, 3.8) is 0 Å². The maximum atomic E-state index is 14.1. The first-order valence-electron chi connectivity index (χ1n) is 13.0. The number of carbonyl (C=O) groups excluding carboxylic acids is 2. The Labute approximate surface area is 256 Å². The van der Waals surface area contributed by atoms with E-state index < -0.39 is 28.5 Å². The Kier molecular flexibility index (Phi) is 11.7. The van der Waals surface area contributed by atoms with Gasteiger partial charge in [-0.3, -0.25) is 13.9 Å². The van der Waals surface area contributed by atoms with Crippen LogP contribution in [0, 0.1) is 0 Å². The van der Waals surface area contributed by atoms with Gasteiger partial charge in [0.1, 0.15) is 18.3 Å². The van der Waals surface area contributed by atoms with Crippen molar-refractivity contribution in [3.8, 4) is 5.75 Å². The van der Waals surface area contributed by atoms with Crippen LogP contribution < -0.4 is 14.4 Å². The molecule has 0 bridgehead atoms. The number of benzene rings is 3. The molecule has 8 nitrogen and oxygen atoms in total. The third kappa shape index (κ3) is 8.07. The normalized spacial score (nSPS) is 12.0. The van der Waals surface area contributed by atoms with Gasteiger partial charge in [-0.05, 0) is 73.5 Å². The topological polar surface area (TPSA) is 96.0 Å². The zero-order chi connectivity index (χ0) is 30.2. The summed E-state index contributed by atoms with van der Waals surface area (Å²) in [5.41, 5.74) is 0.666. The number of rotatable bonds is 13. The number of sulfonamides is 1. The van der Waals surface area contributed by atoms with E-state index in [0.717, 1.165) is 4.31 Å². The summed E-state index contributed by atoms with van der Waals surface area (Å²) in [6.07, 6.45) is 0.979. The van der Waals surface area contributed by atoms with Crippen molar-refractivity contribution in [3.05, 3.63) is 87.4 Å². The molecule has 0 aromatic heterocycles. The van der Waals surface area contributed by atoms with E-state index >= 15 is 0 Å². The molecule has 3 aromatic carbocycles. The number of ether oxygens (including phenoxy) is 1. The lowest BCUT2D eigenvalue weighted by molar-refractivity contribution is -0.140. The maximum absolute atomic E-state index is 14.1. The van der Waals surface area contributed by atoms with Gasteiger partial charge in [0.25, 0.3) is 10.0 Å². The van der Waals surface area contributed by atoms with Gasteiger partial charge in [0.15, 0.2) is 0 Å². The summed E-state index contributed by atoms with van der Waals surface area (Å²) in [4.78, 5) is 28.5. The van der Waals surface area contributed by atoms with Crippen molar-refractivity contribution in [1.29, 1.82) is 0 Å². The molecule has 0 heterocycles. The van der Waals surface area contributed by atoms with Crippen molar-refractivity contribution < 1.29 is 22.7 Å². The van der Waals surface area contributed by atoms with Crippen molar-refractivity contribution in [1.82, 2.24) is 10.2 Å². The van der Waals surface area contributed by atoms with Crippen molar-refractivity contribution >= 4 is 62.3 Å². The van der Waals surface area contributed by atoms with Crippen molar-refractivity contribution in [2.45, 2.75) is 44.2 Å². The number of hydrogen-bond donors (Lipinski definition) is 1. The van der Waals surface area contributed by atoms with Crippen LogP contribution in [0.15, 0.2) is 71.6 Å². The van der Waals surface area contributed by atoms with Gasteiger partial charge in [-0.2, -0.15) is 0 Å². The zero-order valence-corrected chi connectivity index (χ0v) is 26.0. The molecule has 3 aromatic rings. The van der Waals surface area contributed by atoms with E-state index in [2.05, 4.69) is 5.32 Å². The monoisotopic (exact) mass is 639 g/mol. The number of halogens is 3. The molecular weight excluding hydrogens is 609 g/mol.